The highest BCUT2D eigenvalue weighted by Crippen LogP contribution is 2.09. The van der Waals surface area contributed by atoms with Gasteiger partial charge in [0.2, 0.25) is 0 Å². The summed E-state index contributed by atoms with van der Waals surface area (Å²) in [5.74, 6) is -0.540. The number of rotatable bonds is 2. The molecule has 0 radical (unpaired) electrons. The van der Waals surface area contributed by atoms with Gasteiger partial charge in [-0.15, -0.1) is 0 Å². The molecular weight excluding hydrogens is 192 g/mol. The lowest BCUT2D eigenvalue weighted by molar-refractivity contribution is 0.0995. The molecule has 0 spiro atoms. The van der Waals surface area contributed by atoms with Crippen LogP contribution in [0, 0.1) is 6.92 Å². The molecule has 5 heteroatoms. The number of hydrogen-bond donors (Lipinski definition) is 1. The largest absolute Gasteiger partial charge is 0.364 e. The van der Waals surface area contributed by atoms with E-state index in [2.05, 4.69) is 10.1 Å². The second-order valence-corrected chi connectivity index (χ2v) is 3.15. The molecule has 0 atom stereocenters. The molecule has 0 aliphatic heterocycles. The van der Waals surface area contributed by atoms with Crippen LogP contribution < -0.4 is 5.73 Å². The maximum absolute atomic E-state index is 10.9. The van der Waals surface area contributed by atoms with E-state index in [0.717, 1.165) is 11.4 Å². The highest BCUT2D eigenvalue weighted by molar-refractivity contribution is 5.91. The van der Waals surface area contributed by atoms with Crippen molar-refractivity contribution in [3.05, 3.63) is 42.0 Å². The quantitative estimate of drug-likeness (QED) is 0.778. The molecule has 5 nitrogen and oxygen atoms in total. The van der Waals surface area contributed by atoms with Gasteiger partial charge in [-0.2, -0.15) is 5.10 Å². The zero-order valence-corrected chi connectivity index (χ0v) is 8.21. The van der Waals surface area contributed by atoms with Gasteiger partial charge in [0.25, 0.3) is 5.91 Å². The van der Waals surface area contributed by atoms with Crippen molar-refractivity contribution in [3.63, 3.8) is 0 Å². The van der Waals surface area contributed by atoms with Crippen LogP contribution in [0.5, 0.6) is 0 Å². The van der Waals surface area contributed by atoms with Crippen molar-refractivity contribution in [1.29, 1.82) is 0 Å². The monoisotopic (exact) mass is 202 g/mol. The van der Waals surface area contributed by atoms with Crippen LogP contribution in [0.3, 0.4) is 0 Å². The molecule has 0 aliphatic rings. The molecule has 0 aliphatic carbocycles. The van der Waals surface area contributed by atoms with Crippen LogP contribution in [-0.2, 0) is 0 Å². The van der Waals surface area contributed by atoms with E-state index in [1.165, 1.54) is 6.20 Å². The Hall–Kier alpha value is -2.17. The number of nitrogens with two attached hydrogens (primary N) is 1. The van der Waals surface area contributed by atoms with Crippen LogP contribution >= 0.6 is 0 Å². The van der Waals surface area contributed by atoms with Crippen molar-refractivity contribution in [2.24, 2.45) is 5.73 Å². The molecule has 0 unspecified atom stereocenters. The highest BCUT2D eigenvalue weighted by Gasteiger charge is 2.05. The topological polar surface area (TPSA) is 73.8 Å². The van der Waals surface area contributed by atoms with Gasteiger partial charge < -0.3 is 5.73 Å². The highest BCUT2D eigenvalue weighted by atomic mass is 16.1. The van der Waals surface area contributed by atoms with Gasteiger partial charge in [-0.1, -0.05) is 0 Å². The molecule has 0 saturated heterocycles. The van der Waals surface area contributed by atoms with Crippen molar-refractivity contribution >= 4 is 5.91 Å². The first-order valence-corrected chi connectivity index (χ1v) is 4.45. The first-order chi connectivity index (χ1) is 7.18. The lowest BCUT2D eigenvalue weighted by atomic mass is 10.3. The third-order valence-corrected chi connectivity index (χ3v) is 2.07. The number of aromatic nitrogens is 3. The molecule has 0 fully saturated rings. The van der Waals surface area contributed by atoms with E-state index in [0.29, 0.717) is 0 Å². The van der Waals surface area contributed by atoms with Crippen LogP contribution in [0.4, 0.5) is 0 Å². The third-order valence-electron chi connectivity index (χ3n) is 2.07. The molecule has 76 valence electrons. The molecule has 2 heterocycles. The number of pyridine rings is 1. The number of carbonyl (C=O) groups excluding carboxylic acids is 1. The SMILES string of the molecule is Cc1ccnn1-c1ccnc(C(N)=O)c1. The summed E-state index contributed by atoms with van der Waals surface area (Å²) in [5, 5.41) is 4.12. The molecule has 2 aromatic rings. The summed E-state index contributed by atoms with van der Waals surface area (Å²) in [6.45, 7) is 1.93. The van der Waals surface area contributed by atoms with Gasteiger partial charge in [0.15, 0.2) is 0 Å². The molecule has 2 rings (SSSR count). The van der Waals surface area contributed by atoms with Crippen LogP contribution in [0.1, 0.15) is 16.2 Å². The fourth-order valence-corrected chi connectivity index (χ4v) is 1.33. The van der Waals surface area contributed by atoms with Gasteiger partial charge in [-0.3, -0.25) is 9.78 Å². The average molecular weight is 202 g/mol. The van der Waals surface area contributed by atoms with Crippen molar-refractivity contribution < 1.29 is 4.79 Å². The summed E-state index contributed by atoms with van der Waals surface area (Å²) < 4.78 is 1.72. The molecule has 1 amide bonds. The Bertz CT molecular complexity index is 504. The lowest BCUT2D eigenvalue weighted by Gasteiger charge is -2.04. The zero-order chi connectivity index (χ0) is 10.8. The summed E-state index contributed by atoms with van der Waals surface area (Å²) in [5.41, 5.74) is 7.14. The van der Waals surface area contributed by atoms with E-state index in [1.54, 1.807) is 23.0 Å². The number of carbonyl (C=O) groups is 1. The van der Waals surface area contributed by atoms with E-state index in [-0.39, 0.29) is 5.69 Å². The number of hydrogen-bond acceptors (Lipinski definition) is 3. The Morgan fingerprint density at radius 1 is 1.40 bits per heavy atom. The molecule has 2 N–H and O–H groups in total. The third kappa shape index (κ3) is 1.71. The fourth-order valence-electron chi connectivity index (χ4n) is 1.33. The van der Waals surface area contributed by atoms with Crippen LogP contribution in [0.25, 0.3) is 5.69 Å². The summed E-state index contributed by atoms with van der Waals surface area (Å²) in [6.07, 6.45) is 3.23. The Morgan fingerprint density at radius 3 is 2.80 bits per heavy atom. The second kappa shape index (κ2) is 3.53. The van der Waals surface area contributed by atoms with Gasteiger partial charge >= 0.3 is 0 Å². The van der Waals surface area contributed by atoms with Crippen LogP contribution in [0.2, 0.25) is 0 Å². The van der Waals surface area contributed by atoms with Crippen molar-refractivity contribution in [1.82, 2.24) is 14.8 Å². The van der Waals surface area contributed by atoms with Crippen molar-refractivity contribution in [2.75, 3.05) is 0 Å². The van der Waals surface area contributed by atoms with Crippen molar-refractivity contribution in [3.8, 4) is 5.69 Å². The summed E-state index contributed by atoms with van der Waals surface area (Å²) in [7, 11) is 0. The Balaban J connectivity index is 2.50. The standard InChI is InChI=1S/C10H10N4O/c1-7-2-5-13-14(7)8-3-4-12-9(6-8)10(11)15/h2-6H,1H3,(H2,11,15). The van der Waals surface area contributed by atoms with Crippen LogP contribution in [-0.4, -0.2) is 20.7 Å². The lowest BCUT2D eigenvalue weighted by Crippen LogP contribution is -2.13. The number of primary amides is 1. The number of nitrogens with zero attached hydrogens (tertiary/aromatic N) is 3. The molecule has 15 heavy (non-hydrogen) atoms. The molecule has 0 saturated carbocycles. The van der Waals surface area contributed by atoms with Gasteiger partial charge in [0, 0.05) is 18.1 Å². The van der Waals surface area contributed by atoms with Gasteiger partial charge in [-0.05, 0) is 25.1 Å². The summed E-state index contributed by atoms with van der Waals surface area (Å²) in [6, 6.07) is 5.26. The van der Waals surface area contributed by atoms with Gasteiger partial charge in [-0.25, -0.2) is 4.68 Å². The fraction of sp³-hybridized carbons (Fsp3) is 0.100. The average Bonchev–Trinajstić information content (AvgIpc) is 2.64. The predicted octanol–water partition coefficient (Wildman–Crippen LogP) is 0.675. The Kier molecular flexibility index (Phi) is 2.21. The molecule has 0 aromatic carbocycles. The zero-order valence-electron chi connectivity index (χ0n) is 8.21. The van der Waals surface area contributed by atoms with E-state index < -0.39 is 5.91 Å². The minimum absolute atomic E-state index is 0.238. The molecular formula is C10H10N4O. The minimum Gasteiger partial charge on any atom is -0.364 e. The predicted molar refractivity (Wildman–Crippen MR) is 54.6 cm³/mol. The van der Waals surface area contributed by atoms with Crippen molar-refractivity contribution in [2.45, 2.75) is 6.92 Å². The maximum atomic E-state index is 10.9. The van der Waals surface area contributed by atoms with Gasteiger partial charge in [0.05, 0.1) is 5.69 Å². The first-order valence-electron chi connectivity index (χ1n) is 4.45. The summed E-state index contributed by atoms with van der Waals surface area (Å²) >= 11 is 0. The Morgan fingerprint density at radius 2 is 2.20 bits per heavy atom. The van der Waals surface area contributed by atoms with E-state index in [9.17, 15) is 4.79 Å². The number of amides is 1. The normalized spacial score (nSPS) is 10.2. The minimum atomic E-state index is -0.540. The Labute approximate surface area is 86.5 Å². The summed E-state index contributed by atoms with van der Waals surface area (Å²) in [4.78, 5) is 14.8. The molecule has 0 bridgehead atoms. The molecule has 2 aromatic heterocycles. The van der Waals surface area contributed by atoms with E-state index >= 15 is 0 Å². The first kappa shape index (κ1) is 9.39. The van der Waals surface area contributed by atoms with E-state index in [4.69, 9.17) is 5.73 Å². The second-order valence-electron chi connectivity index (χ2n) is 3.15. The van der Waals surface area contributed by atoms with Crippen LogP contribution in [0.15, 0.2) is 30.6 Å². The van der Waals surface area contributed by atoms with E-state index in [1.807, 2.05) is 13.0 Å². The number of aryl methyl sites for hydroxylation is 1. The maximum Gasteiger partial charge on any atom is 0.267 e. The van der Waals surface area contributed by atoms with Gasteiger partial charge in [0.1, 0.15) is 5.69 Å². The smallest absolute Gasteiger partial charge is 0.267 e.